The Labute approximate surface area is 82.5 Å². The number of nitrogens with zero attached hydrogens (tertiary/aromatic N) is 1. The van der Waals surface area contributed by atoms with Gasteiger partial charge in [-0.25, -0.2) is 9.78 Å². The number of rotatable bonds is 4. The van der Waals surface area contributed by atoms with E-state index in [2.05, 4.69) is 9.72 Å². The first-order valence-electron chi connectivity index (χ1n) is 4.42. The van der Waals surface area contributed by atoms with Gasteiger partial charge in [0.2, 0.25) is 0 Å². The van der Waals surface area contributed by atoms with Crippen LogP contribution in [0.3, 0.4) is 0 Å². The number of methoxy groups -OCH3 is 1. The van der Waals surface area contributed by atoms with Gasteiger partial charge in [0.05, 0.1) is 7.11 Å². The molecular formula is C10H13NO3. The lowest BCUT2D eigenvalue weighted by Crippen LogP contribution is -2.04. The second-order valence-corrected chi connectivity index (χ2v) is 2.87. The Kier molecular flexibility index (Phi) is 4.07. The molecule has 0 amide bonds. The number of carbonyl (C=O) groups is 1. The van der Waals surface area contributed by atoms with E-state index in [0.717, 1.165) is 12.0 Å². The van der Waals surface area contributed by atoms with Gasteiger partial charge in [-0.3, -0.25) is 0 Å². The van der Waals surface area contributed by atoms with Gasteiger partial charge >= 0.3 is 5.97 Å². The molecular weight excluding hydrogens is 182 g/mol. The van der Waals surface area contributed by atoms with Gasteiger partial charge in [0, 0.05) is 12.8 Å². The number of aliphatic hydroxyl groups excluding tert-OH is 1. The molecule has 1 heterocycles. The zero-order chi connectivity index (χ0) is 10.4. The van der Waals surface area contributed by atoms with Crippen molar-refractivity contribution in [3.8, 4) is 0 Å². The molecule has 4 heteroatoms. The predicted octanol–water partition coefficient (Wildman–Crippen LogP) is 0.793. The first-order valence-corrected chi connectivity index (χ1v) is 4.42. The molecule has 0 spiro atoms. The molecule has 0 unspecified atom stereocenters. The smallest absolute Gasteiger partial charge is 0.356 e. The third kappa shape index (κ3) is 2.81. The van der Waals surface area contributed by atoms with Crippen molar-refractivity contribution < 1.29 is 14.6 Å². The van der Waals surface area contributed by atoms with E-state index >= 15 is 0 Å². The van der Waals surface area contributed by atoms with E-state index in [1.54, 1.807) is 12.3 Å². The van der Waals surface area contributed by atoms with Gasteiger partial charge in [-0.15, -0.1) is 0 Å². The van der Waals surface area contributed by atoms with Crippen molar-refractivity contribution in [3.05, 3.63) is 29.6 Å². The number of aromatic nitrogens is 1. The summed E-state index contributed by atoms with van der Waals surface area (Å²) in [4.78, 5) is 15.0. The lowest BCUT2D eigenvalue weighted by Gasteiger charge is -2.01. The Morgan fingerprint density at radius 2 is 2.43 bits per heavy atom. The monoisotopic (exact) mass is 195 g/mol. The molecule has 0 saturated heterocycles. The highest BCUT2D eigenvalue weighted by atomic mass is 16.5. The van der Waals surface area contributed by atoms with Gasteiger partial charge in [0.25, 0.3) is 0 Å². The number of carbonyl (C=O) groups excluding carboxylic acids is 1. The van der Waals surface area contributed by atoms with Gasteiger partial charge in [0.1, 0.15) is 5.69 Å². The van der Waals surface area contributed by atoms with Crippen molar-refractivity contribution in [1.29, 1.82) is 0 Å². The minimum atomic E-state index is -0.434. The van der Waals surface area contributed by atoms with Crippen molar-refractivity contribution in [3.63, 3.8) is 0 Å². The molecule has 0 aliphatic rings. The number of aryl methyl sites for hydroxylation is 1. The Hall–Kier alpha value is -1.42. The average molecular weight is 195 g/mol. The minimum absolute atomic E-state index is 0.149. The molecule has 0 bridgehead atoms. The number of pyridine rings is 1. The molecule has 1 rings (SSSR count). The summed E-state index contributed by atoms with van der Waals surface area (Å²) in [5, 5.41) is 8.64. The van der Waals surface area contributed by atoms with Gasteiger partial charge in [-0.05, 0) is 30.5 Å². The van der Waals surface area contributed by atoms with Crippen molar-refractivity contribution >= 4 is 5.97 Å². The zero-order valence-corrected chi connectivity index (χ0v) is 8.06. The lowest BCUT2D eigenvalue weighted by molar-refractivity contribution is 0.0594. The predicted molar refractivity (Wildman–Crippen MR) is 51.0 cm³/mol. The van der Waals surface area contributed by atoms with E-state index in [4.69, 9.17) is 5.11 Å². The maximum atomic E-state index is 11.1. The van der Waals surface area contributed by atoms with Gasteiger partial charge in [-0.1, -0.05) is 0 Å². The molecule has 1 aromatic heterocycles. The van der Waals surface area contributed by atoms with E-state index in [9.17, 15) is 4.79 Å². The third-order valence-electron chi connectivity index (χ3n) is 1.84. The van der Waals surface area contributed by atoms with Crippen molar-refractivity contribution in [2.45, 2.75) is 12.8 Å². The van der Waals surface area contributed by atoms with Crippen LogP contribution < -0.4 is 0 Å². The van der Waals surface area contributed by atoms with Crippen LogP contribution in [0.25, 0.3) is 0 Å². The van der Waals surface area contributed by atoms with Crippen LogP contribution in [0, 0.1) is 0 Å². The summed E-state index contributed by atoms with van der Waals surface area (Å²) in [5.41, 5.74) is 1.29. The minimum Gasteiger partial charge on any atom is -0.464 e. The summed E-state index contributed by atoms with van der Waals surface area (Å²) in [6.07, 6.45) is 2.99. The number of esters is 1. The molecule has 1 N–H and O–H groups in total. The average Bonchev–Trinajstić information content (AvgIpc) is 2.25. The fraction of sp³-hybridized carbons (Fsp3) is 0.400. The van der Waals surface area contributed by atoms with Crippen LogP contribution in [0.1, 0.15) is 22.5 Å². The first-order chi connectivity index (χ1) is 6.77. The van der Waals surface area contributed by atoms with Crippen molar-refractivity contribution in [2.75, 3.05) is 13.7 Å². The summed E-state index contributed by atoms with van der Waals surface area (Å²) in [5.74, 6) is -0.434. The van der Waals surface area contributed by atoms with E-state index in [0.29, 0.717) is 12.1 Å². The Bertz CT molecular complexity index is 312. The maximum Gasteiger partial charge on any atom is 0.356 e. The standard InChI is InChI=1S/C10H13NO3/c1-14-10(13)9-7-8(3-2-6-12)4-5-11-9/h4-5,7,12H,2-3,6H2,1H3. The second-order valence-electron chi connectivity index (χ2n) is 2.87. The van der Waals surface area contributed by atoms with Crippen LogP contribution in [-0.4, -0.2) is 29.8 Å². The molecule has 76 valence electrons. The fourth-order valence-corrected chi connectivity index (χ4v) is 1.13. The SMILES string of the molecule is COC(=O)c1cc(CCCO)ccn1. The first kappa shape index (κ1) is 10.7. The quantitative estimate of drug-likeness (QED) is 0.722. The Morgan fingerprint density at radius 1 is 1.64 bits per heavy atom. The van der Waals surface area contributed by atoms with Crippen LogP contribution in [0.4, 0.5) is 0 Å². The summed E-state index contributed by atoms with van der Waals surface area (Å²) in [7, 11) is 1.32. The molecule has 14 heavy (non-hydrogen) atoms. The van der Waals surface area contributed by atoms with Crippen LogP contribution in [-0.2, 0) is 11.2 Å². The Balaban J connectivity index is 2.73. The van der Waals surface area contributed by atoms with Gasteiger partial charge < -0.3 is 9.84 Å². The Morgan fingerprint density at radius 3 is 3.07 bits per heavy atom. The van der Waals surface area contributed by atoms with Gasteiger partial charge in [-0.2, -0.15) is 0 Å². The van der Waals surface area contributed by atoms with E-state index in [1.165, 1.54) is 7.11 Å². The van der Waals surface area contributed by atoms with Crippen LogP contribution in [0.15, 0.2) is 18.3 Å². The second kappa shape index (κ2) is 5.34. The summed E-state index contributed by atoms with van der Waals surface area (Å²) in [6.45, 7) is 0.149. The highest BCUT2D eigenvalue weighted by molar-refractivity contribution is 5.87. The fourth-order valence-electron chi connectivity index (χ4n) is 1.13. The van der Waals surface area contributed by atoms with E-state index < -0.39 is 5.97 Å². The molecule has 0 aliphatic carbocycles. The summed E-state index contributed by atoms with van der Waals surface area (Å²) < 4.78 is 4.54. The highest BCUT2D eigenvalue weighted by Gasteiger charge is 2.06. The normalized spacial score (nSPS) is 9.86. The molecule has 0 aromatic carbocycles. The summed E-state index contributed by atoms with van der Waals surface area (Å²) >= 11 is 0. The molecule has 4 nitrogen and oxygen atoms in total. The molecule has 0 atom stereocenters. The maximum absolute atomic E-state index is 11.1. The van der Waals surface area contributed by atoms with Crippen LogP contribution in [0.5, 0.6) is 0 Å². The lowest BCUT2D eigenvalue weighted by atomic mass is 10.1. The van der Waals surface area contributed by atoms with Crippen LogP contribution >= 0.6 is 0 Å². The number of ether oxygens (including phenoxy) is 1. The third-order valence-corrected chi connectivity index (χ3v) is 1.84. The van der Waals surface area contributed by atoms with E-state index in [1.807, 2.05) is 6.07 Å². The van der Waals surface area contributed by atoms with Crippen LogP contribution in [0.2, 0.25) is 0 Å². The zero-order valence-electron chi connectivity index (χ0n) is 8.06. The highest BCUT2D eigenvalue weighted by Crippen LogP contribution is 2.05. The number of hydrogen-bond donors (Lipinski definition) is 1. The van der Waals surface area contributed by atoms with E-state index in [-0.39, 0.29) is 6.61 Å². The molecule has 0 radical (unpaired) electrons. The molecule has 0 fully saturated rings. The number of hydrogen-bond acceptors (Lipinski definition) is 4. The van der Waals surface area contributed by atoms with Gasteiger partial charge in [0.15, 0.2) is 0 Å². The largest absolute Gasteiger partial charge is 0.464 e. The molecule has 0 saturated carbocycles. The molecule has 1 aromatic rings. The topological polar surface area (TPSA) is 59.4 Å². The number of aliphatic hydroxyl groups is 1. The molecule has 0 aliphatic heterocycles. The van der Waals surface area contributed by atoms with Crippen molar-refractivity contribution in [2.24, 2.45) is 0 Å². The van der Waals surface area contributed by atoms with Crippen molar-refractivity contribution in [1.82, 2.24) is 4.98 Å². The summed E-state index contributed by atoms with van der Waals surface area (Å²) in [6, 6.07) is 3.50.